The Labute approximate surface area is 166 Å². The Morgan fingerprint density at radius 2 is 2.00 bits per heavy atom. The molecule has 29 heavy (non-hydrogen) atoms. The lowest BCUT2D eigenvalue weighted by Gasteiger charge is -2.19. The van der Waals surface area contributed by atoms with Crippen molar-refractivity contribution >= 4 is 16.8 Å². The van der Waals surface area contributed by atoms with Crippen molar-refractivity contribution in [3.63, 3.8) is 0 Å². The lowest BCUT2D eigenvalue weighted by molar-refractivity contribution is -0.904. The van der Waals surface area contributed by atoms with E-state index in [1.54, 1.807) is 25.1 Å². The van der Waals surface area contributed by atoms with Crippen molar-refractivity contribution < 1.29 is 18.5 Å². The van der Waals surface area contributed by atoms with Crippen LogP contribution < -0.4 is 15.8 Å². The monoisotopic (exact) mass is 401 g/mol. The van der Waals surface area contributed by atoms with E-state index in [-0.39, 0.29) is 23.6 Å². The second kappa shape index (κ2) is 8.91. The number of aromatic amines is 1. The van der Waals surface area contributed by atoms with Gasteiger partial charge in [0.15, 0.2) is 12.4 Å². The van der Waals surface area contributed by atoms with Gasteiger partial charge in [-0.1, -0.05) is 18.2 Å². The average Bonchev–Trinajstić information content (AvgIpc) is 2.67. The molecule has 0 aliphatic heterocycles. The molecule has 0 radical (unpaired) electrons. The standard InChI is InChI=1S/C21H22F2N4O2/c1-3-27(11-19-25-18-7-5-4-6-16(18)21(29)26-19)12-20(28)24-13(2)15-9-8-14(22)10-17(15)23/h4-10,13H,3,11-12H2,1-2H3,(H,24,28)(H,25,26,29)/p+1/t13-/m1/s1. The van der Waals surface area contributed by atoms with Crippen LogP contribution in [0.5, 0.6) is 0 Å². The molecule has 1 aromatic heterocycles. The van der Waals surface area contributed by atoms with Crippen LogP contribution in [0.15, 0.2) is 47.3 Å². The van der Waals surface area contributed by atoms with Crippen LogP contribution in [0, 0.1) is 11.6 Å². The Bertz CT molecular complexity index is 1080. The number of carbonyl (C=O) groups is 1. The van der Waals surface area contributed by atoms with Crippen molar-refractivity contribution in [3.8, 4) is 0 Å². The minimum atomic E-state index is -0.699. The molecular formula is C21H23F2N4O2+. The van der Waals surface area contributed by atoms with Gasteiger partial charge in [0.05, 0.1) is 23.5 Å². The van der Waals surface area contributed by atoms with E-state index >= 15 is 0 Å². The fourth-order valence-electron chi connectivity index (χ4n) is 3.22. The Hall–Kier alpha value is -3.13. The maximum Gasteiger partial charge on any atom is 0.275 e. The van der Waals surface area contributed by atoms with Gasteiger partial charge in [0.2, 0.25) is 0 Å². The number of hydrogen-bond acceptors (Lipinski definition) is 3. The number of carbonyl (C=O) groups excluding carboxylic acids is 1. The van der Waals surface area contributed by atoms with Crippen molar-refractivity contribution in [3.05, 3.63) is 75.8 Å². The zero-order chi connectivity index (χ0) is 21.0. The number of halogens is 2. The molecule has 3 aromatic rings. The molecule has 0 saturated heterocycles. The number of rotatable bonds is 7. The summed E-state index contributed by atoms with van der Waals surface area (Å²) >= 11 is 0. The number of amides is 1. The van der Waals surface area contributed by atoms with Gasteiger partial charge in [-0.25, -0.2) is 13.8 Å². The molecule has 0 aliphatic rings. The van der Waals surface area contributed by atoms with Gasteiger partial charge >= 0.3 is 0 Å². The highest BCUT2D eigenvalue weighted by Crippen LogP contribution is 2.17. The van der Waals surface area contributed by atoms with Crippen LogP contribution in [0.25, 0.3) is 10.9 Å². The summed E-state index contributed by atoms with van der Waals surface area (Å²) in [5.41, 5.74) is 0.607. The summed E-state index contributed by atoms with van der Waals surface area (Å²) < 4.78 is 27.0. The molecule has 1 unspecified atom stereocenters. The predicted octanol–water partition coefficient (Wildman–Crippen LogP) is 1.48. The lowest BCUT2D eigenvalue weighted by Crippen LogP contribution is -3.11. The number of fused-ring (bicyclic) bond motifs is 1. The fourth-order valence-corrected chi connectivity index (χ4v) is 3.22. The Morgan fingerprint density at radius 1 is 1.24 bits per heavy atom. The maximum atomic E-state index is 13.9. The van der Waals surface area contributed by atoms with Crippen LogP contribution in [0.4, 0.5) is 8.78 Å². The summed E-state index contributed by atoms with van der Waals surface area (Å²) in [6.45, 7) is 4.68. The molecule has 2 aromatic carbocycles. The number of hydrogen-bond donors (Lipinski definition) is 3. The first kappa shape index (κ1) is 20.6. The quantitative estimate of drug-likeness (QED) is 0.561. The van der Waals surface area contributed by atoms with Crippen LogP contribution in [0.1, 0.15) is 31.3 Å². The molecule has 2 atom stereocenters. The number of quaternary nitrogens is 1. The summed E-state index contributed by atoms with van der Waals surface area (Å²) in [6.07, 6.45) is 0. The summed E-state index contributed by atoms with van der Waals surface area (Å²) in [6, 6.07) is 9.74. The van der Waals surface area contributed by atoms with Gasteiger partial charge in [-0.2, -0.15) is 0 Å². The number of likely N-dealkylation sites (N-methyl/N-ethyl adjacent to an activating group) is 1. The second-order valence-electron chi connectivity index (χ2n) is 6.94. The van der Waals surface area contributed by atoms with Gasteiger partial charge in [0, 0.05) is 11.6 Å². The first-order chi connectivity index (χ1) is 13.9. The second-order valence-corrected chi connectivity index (χ2v) is 6.94. The van der Waals surface area contributed by atoms with E-state index in [9.17, 15) is 18.4 Å². The Balaban J connectivity index is 1.66. The Kier molecular flexibility index (Phi) is 6.33. The topological polar surface area (TPSA) is 79.3 Å². The first-order valence-corrected chi connectivity index (χ1v) is 9.43. The summed E-state index contributed by atoms with van der Waals surface area (Å²) in [5, 5.41) is 3.25. The normalized spacial score (nSPS) is 13.2. The van der Waals surface area contributed by atoms with Crippen molar-refractivity contribution in [2.75, 3.05) is 13.1 Å². The molecule has 152 valence electrons. The molecular weight excluding hydrogens is 378 g/mol. The van der Waals surface area contributed by atoms with Crippen molar-refractivity contribution in [2.24, 2.45) is 0 Å². The molecule has 3 rings (SSSR count). The molecule has 0 spiro atoms. The molecule has 3 N–H and O–H groups in total. The Morgan fingerprint density at radius 3 is 2.72 bits per heavy atom. The minimum absolute atomic E-state index is 0.125. The van der Waals surface area contributed by atoms with Crippen molar-refractivity contribution in [2.45, 2.75) is 26.4 Å². The van der Waals surface area contributed by atoms with Crippen LogP contribution in [0.2, 0.25) is 0 Å². The van der Waals surface area contributed by atoms with E-state index in [1.165, 1.54) is 6.07 Å². The van der Waals surface area contributed by atoms with Crippen molar-refractivity contribution in [1.29, 1.82) is 0 Å². The van der Waals surface area contributed by atoms with Gasteiger partial charge in [0.1, 0.15) is 18.2 Å². The smallest absolute Gasteiger partial charge is 0.275 e. The number of nitrogens with zero attached hydrogens (tertiary/aromatic N) is 1. The first-order valence-electron chi connectivity index (χ1n) is 9.43. The molecule has 0 saturated carbocycles. The average molecular weight is 401 g/mol. The van der Waals surface area contributed by atoms with E-state index in [4.69, 9.17) is 0 Å². The van der Waals surface area contributed by atoms with E-state index in [0.717, 1.165) is 17.0 Å². The SMILES string of the molecule is CC[NH+](CC(=O)N[C@H](C)c1ccc(F)cc1F)Cc1nc2ccccc2c(=O)[nH]1. The minimum Gasteiger partial charge on any atom is -0.345 e. The van der Waals surface area contributed by atoms with Crippen LogP contribution in [0.3, 0.4) is 0 Å². The zero-order valence-corrected chi connectivity index (χ0v) is 16.3. The molecule has 0 bridgehead atoms. The van der Waals surface area contributed by atoms with Gasteiger partial charge in [-0.3, -0.25) is 9.59 Å². The molecule has 0 aliphatic carbocycles. The highest BCUT2D eigenvalue weighted by molar-refractivity contribution is 5.77. The van der Waals surface area contributed by atoms with Gasteiger partial charge in [-0.05, 0) is 32.0 Å². The molecule has 8 heteroatoms. The molecule has 6 nitrogen and oxygen atoms in total. The van der Waals surface area contributed by atoms with Gasteiger partial charge in [-0.15, -0.1) is 0 Å². The molecule has 1 heterocycles. The predicted molar refractivity (Wildman–Crippen MR) is 105 cm³/mol. The van der Waals surface area contributed by atoms with Gasteiger partial charge in [0.25, 0.3) is 11.5 Å². The number of H-pyrrole nitrogens is 1. The summed E-state index contributed by atoms with van der Waals surface area (Å²) in [5.74, 6) is -1.14. The van der Waals surface area contributed by atoms with Gasteiger partial charge < -0.3 is 15.2 Å². The third kappa shape index (κ3) is 5.03. The van der Waals surface area contributed by atoms with E-state index in [2.05, 4.69) is 15.3 Å². The van der Waals surface area contributed by atoms with Crippen LogP contribution >= 0.6 is 0 Å². The summed E-state index contributed by atoms with van der Waals surface area (Å²) in [7, 11) is 0. The highest BCUT2D eigenvalue weighted by Gasteiger charge is 2.19. The third-order valence-corrected chi connectivity index (χ3v) is 4.80. The number of benzene rings is 2. The zero-order valence-electron chi connectivity index (χ0n) is 16.3. The number of para-hydroxylation sites is 1. The molecule has 0 fully saturated rings. The van der Waals surface area contributed by atoms with Crippen LogP contribution in [-0.2, 0) is 11.3 Å². The van der Waals surface area contributed by atoms with E-state index < -0.39 is 17.7 Å². The van der Waals surface area contributed by atoms with Crippen LogP contribution in [-0.4, -0.2) is 29.0 Å². The van der Waals surface area contributed by atoms with E-state index in [1.807, 2.05) is 13.0 Å². The fraction of sp³-hybridized carbons (Fsp3) is 0.286. The van der Waals surface area contributed by atoms with Crippen molar-refractivity contribution in [1.82, 2.24) is 15.3 Å². The number of aromatic nitrogens is 2. The number of nitrogens with one attached hydrogen (secondary N) is 3. The summed E-state index contributed by atoms with van der Waals surface area (Å²) in [4.78, 5) is 32.7. The lowest BCUT2D eigenvalue weighted by atomic mass is 10.1. The third-order valence-electron chi connectivity index (χ3n) is 4.80. The largest absolute Gasteiger partial charge is 0.345 e. The highest BCUT2D eigenvalue weighted by atomic mass is 19.1. The molecule has 1 amide bonds. The van der Waals surface area contributed by atoms with E-state index in [0.29, 0.717) is 29.8 Å². The maximum absolute atomic E-state index is 13.9.